The molecular formula is C13H16N5O7P. The molecule has 2 fully saturated rings. The molecule has 0 aliphatic carbocycles. The number of phosphoric acid groups is 1. The molecule has 2 aromatic rings. The van der Waals surface area contributed by atoms with Gasteiger partial charge in [0, 0.05) is 6.20 Å². The van der Waals surface area contributed by atoms with Crippen molar-refractivity contribution in [2.45, 2.75) is 31.5 Å². The molecule has 2 aromatic heterocycles. The number of aromatic nitrogens is 3. The summed E-state index contributed by atoms with van der Waals surface area (Å²) in [7, 11) is -4.26. The van der Waals surface area contributed by atoms with Crippen LogP contribution in [0.15, 0.2) is 6.20 Å². The minimum atomic E-state index is -4.26. The summed E-state index contributed by atoms with van der Waals surface area (Å²) in [6, 6.07) is 0. The average Bonchev–Trinajstić information content (AvgIpc) is 3.05. The Hall–Kier alpha value is -2.08. The van der Waals surface area contributed by atoms with Crippen molar-refractivity contribution in [2.75, 3.05) is 12.3 Å². The first kappa shape index (κ1) is 17.3. The second kappa shape index (κ2) is 5.71. The van der Waals surface area contributed by atoms with Gasteiger partial charge in [0.15, 0.2) is 6.23 Å². The normalized spacial score (nSPS) is 34.1. The maximum absolute atomic E-state index is 11.8. The van der Waals surface area contributed by atoms with Crippen LogP contribution in [0.5, 0.6) is 0 Å². The molecule has 140 valence electrons. The van der Waals surface area contributed by atoms with Crippen molar-refractivity contribution >= 4 is 30.6 Å². The predicted molar refractivity (Wildman–Crippen MR) is 85.8 cm³/mol. The quantitative estimate of drug-likeness (QED) is 0.477. The summed E-state index contributed by atoms with van der Waals surface area (Å²) in [5.74, 6) is -0.351. The molecule has 0 radical (unpaired) electrons. The van der Waals surface area contributed by atoms with E-state index < -0.39 is 38.3 Å². The smallest absolute Gasteiger partial charge is 0.386 e. The Morgan fingerprint density at radius 1 is 1.46 bits per heavy atom. The van der Waals surface area contributed by atoms with Crippen LogP contribution in [0.2, 0.25) is 0 Å². The maximum atomic E-state index is 11.8. The highest BCUT2D eigenvalue weighted by Gasteiger charge is 2.52. The average molecular weight is 385 g/mol. The zero-order valence-electron chi connectivity index (χ0n) is 13.5. The number of aryl methyl sites for hydroxylation is 1. The van der Waals surface area contributed by atoms with Gasteiger partial charge in [-0.05, 0) is 6.92 Å². The third-order valence-electron chi connectivity index (χ3n) is 4.32. The van der Waals surface area contributed by atoms with E-state index in [0.29, 0.717) is 5.82 Å². The van der Waals surface area contributed by atoms with Gasteiger partial charge >= 0.3 is 7.82 Å². The van der Waals surface area contributed by atoms with Gasteiger partial charge in [-0.15, -0.1) is 0 Å². The van der Waals surface area contributed by atoms with E-state index in [4.69, 9.17) is 25.3 Å². The number of carbonyl (C=O) groups excluding carboxylic acids is 1. The Morgan fingerprint density at radius 2 is 2.19 bits per heavy atom. The van der Waals surface area contributed by atoms with Gasteiger partial charge in [0.25, 0.3) is 5.91 Å². The van der Waals surface area contributed by atoms with Crippen LogP contribution in [0.1, 0.15) is 22.4 Å². The number of aliphatic hydroxyl groups excluding tert-OH is 1. The Kier molecular flexibility index (Phi) is 3.81. The van der Waals surface area contributed by atoms with Gasteiger partial charge in [-0.25, -0.2) is 14.5 Å². The standard InChI is InChI=1S/C13H16N5O7P/c1-4-16-10(14)7-5(11(15)20)2-18(12(7)17-4)13-8(19)9-6(24-13)3-23-26(21,22)25-9/h2,6,8-9,13,19H,3H2,1H3,(H2,15,20)(H,21,22)(H2,14,16,17)/t6-,8-,9-,13-/m1/s1. The minimum Gasteiger partial charge on any atom is -0.386 e. The lowest BCUT2D eigenvalue weighted by Gasteiger charge is -2.27. The Morgan fingerprint density at radius 3 is 2.88 bits per heavy atom. The van der Waals surface area contributed by atoms with Crippen LogP contribution in [-0.4, -0.2) is 55.4 Å². The lowest BCUT2D eigenvalue weighted by atomic mass is 10.1. The van der Waals surface area contributed by atoms with E-state index in [9.17, 15) is 19.4 Å². The van der Waals surface area contributed by atoms with E-state index in [1.807, 2.05) is 0 Å². The van der Waals surface area contributed by atoms with Crippen LogP contribution in [0.4, 0.5) is 5.82 Å². The minimum absolute atomic E-state index is 0.0596. The van der Waals surface area contributed by atoms with Crippen molar-refractivity contribution in [3.63, 3.8) is 0 Å². The number of amides is 1. The molecule has 2 aliphatic rings. The van der Waals surface area contributed by atoms with Crippen LogP contribution in [-0.2, 0) is 18.3 Å². The van der Waals surface area contributed by atoms with Gasteiger partial charge in [0.2, 0.25) is 0 Å². The van der Waals surface area contributed by atoms with Gasteiger partial charge in [0.1, 0.15) is 35.6 Å². The monoisotopic (exact) mass is 385 g/mol. The van der Waals surface area contributed by atoms with Gasteiger partial charge < -0.3 is 30.8 Å². The molecule has 6 N–H and O–H groups in total. The van der Waals surface area contributed by atoms with Gasteiger partial charge in [-0.1, -0.05) is 0 Å². The molecule has 2 saturated heterocycles. The molecule has 0 bridgehead atoms. The summed E-state index contributed by atoms with van der Waals surface area (Å²) in [5.41, 5.74) is 11.6. The maximum Gasteiger partial charge on any atom is 0.472 e. The number of primary amides is 1. The molecule has 2 aliphatic heterocycles. The van der Waals surface area contributed by atoms with Crippen LogP contribution in [0, 0.1) is 6.92 Å². The van der Waals surface area contributed by atoms with Crippen LogP contribution >= 0.6 is 7.82 Å². The number of carbonyl (C=O) groups is 1. The summed E-state index contributed by atoms with van der Waals surface area (Å²) < 4.78 is 28.3. The number of nitrogen functional groups attached to an aromatic ring is 1. The lowest BCUT2D eigenvalue weighted by Crippen LogP contribution is -2.39. The van der Waals surface area contributed by atoms with E-state index in [-0.39, 0.29) is 29.0 Å². The first-order valence-corrected chi connectivity index (χ1v) is 9.11. The van der Waals surface area contributed by atoms with Crippen molar-refractivity contribution in [3.05, 3.63) is 17.6 Å². The summed E-state index contributed by atoms with van der Waals surface area (Å²) in [4.78, 5) is 29.5. The number of hydrogen-bond acceptors (Lipinski definition) is 9. The largest absolute Gasteiger partial charge is 0.472 e. The molecular weight excluding hydrogens is 369 g/mol. The molecule has 0 aromatic carbocycles. The van der Waals surface area contributed by atoms with Crippen molar-refractivity contribution in [1.29, 1.82) is 0 Å². The van der Waals surface area contributed by atoms with Crippen LogP contribution in [0.25, 0.3) is 11.0 Å². The fourth-order valence-corrected chi connectivity index (χ4v) is 4.20. The van der Waals surface area contributed by atoms with Crippen molar-refractivity contribution in [1.82, 2.24) is 14.5 Å². The Labute approximate surface area is 146 Å². The summed E-state index contributed by atoms with van der Waals surface area (Å²) in [6.45, 7) is 1.38. The molecule has 26 heavy (non-hydrogen) atoms. The molecule has 13 heteroatoms. The van der Waals surface area contributed by atoms with E-state index in [1.165, 1.54) is 10.8 Å². The number of fused-ring (bicyclic) bond motifs is 2. The summed E-state index contributed by atoms with van der Waals surface area (Å²) in [5, 5.41) is 10.8. The number of aliphatic hydroxyl groups is 1. The second-order valence-corrected chi connectivity index (χ2v) is 7.47. The second-order valence-electron chi connectivity index (χ2n) is 6.06. The number of rotatable bonds is 2. The molecule has 12 nitrogen and oxygen atoms in total. The summed E-state index contributed by atoms with van der Waals surface area (Å²) in [6.07, 6.45) is -2.89. The summed E-state index contributed by atoms with van der Waals surface area (Å²) >= 11 is 0. The number of anilines is 1. The molecule has 4 heterocycles. The predicted octanol–water partition coefficient (Wildman–Crippen LogP) is -0.805. The molecule has 1 amide bonds. The first-order chi connectivity index (χ1) is 12.2. The number of phosphoric ester groups is 1. The number of ether oxygens (including phenoxy) is 1. The van der Waals surface area contributed by atoms with E-state index in [0.717, 1.165) is 0 Å². The molecule has 1 unspecified atom stereocenters. The fraction of sp³-hybridized carbons (Fsp3) is 0.462. The zero-order valence-corrected chi connectivity index (χ0v) is 14.4. The number of hydrogen-bond donors (Lipinski definition) is 4. The Bertz CT molecular complexity index is 962. The van der Waals surface area contributed by atoms with E-state index >= 15 is 0 Å². The lowest BCUT2D eigenvalue weighted by molar-refractivity contribution is -0.0663. The van der Waals surface area contributed by atoms with E-state index in [2.05, 4.69) is 9.97 Å². The highest BCUT2D eigenvalue weighted by molar-refractivity contribution is 7.47. The van der Waals surface area contributed by atoms with Gasteiger partial charge in [-0.2, -0.15) is 0 Å². The molecule has 0 spiro atoms. The third-order valence-corrected chi connectivity index (χ3v) is 5.30. The van der Waals surface area contributed by atoms with Gasteiger partial charge in [0.05, 0.1) is 17.6 Å². The molecule has 5 atom stereocenters. The highest BCUT2D eigenvalue weighted by Crippen LogP contribution is 2.52. The third kappa shape index (κ3) is 2.58. The molecule has 0 saturated carbocycles. The fourth-order valence-electron chi connectivity index (χ4n) is 3.24. The Balaban J connectivity index is 1.83. The van der Waals surface area contributed by atoms with Crippen molar-refractivity contribution in [3.8, 4) is 0 Å². The van der Waals surface area contributed by atoms with Gasteiger partial charge in [-0.3, -0.25) is 13.8 Å². The van der Waals surface area contributed by atoms with Crippen LogP contribution < -0.4 is 11.5 Å². The zero-order chi connectivity index (χ0) is 18.8. The van der Waals surface area contributed by atoms with Crippen LogP contribution in [0.3, 0.4) is 0 Å². The number of nitrogens with two attached hydrogens (primary N) is 2. The van der Waals surface area contributed by atoms with Crippen molar-refractivity contribution < 1.29 is 33.1 Å². The highest BCUT2D eigenvalue weighted by atomic mass is 31.2. The SMILES string of the molecule is Cc1nc(N)c2c(C(N)=O)cn([C@@H]3O[C@@H]4COP(=O)(O)O[C@H]4[C@H]3O)c2n1. The van der Waals surface area contributed by atoms with Crippen molar-refractivity contribution in [2.24, 2.45) is 5.73 Å². The topological polar surface area (TPSA) is 185 Å². The molecule has 4 rings (SSSR count). The first-order valence-electron chi connectivity index (χ1n) is 7.61. The van der Waals surface area contributed by atoms with E-state index in [1.54, 1.807) is 6.92 Å². The number of nitrogens with zero attached hydrogens (tertiary/aromatic N) is 3.